The van der Waals surface area contributed by atoms with Gasteiger partial charge in [0.25, 0.3) is 0 Å². The Hall–Kier alpha value is -1.76. The molecule has 0 spiro atoms. The summed E-state index contributed by atoms with van der Waals surface area (Å²) in [5.74, 6) is -0.328. The van der Waals surface area contributed by atoms with Gasteiger partial charge < -0.3 is 4.90 Å². The lowest BCUT2D eigenvalue weighted by molar-refractivity contribution is 0.299. The standard InChI is InChI=1S/C19H23FN2O2S/c1-22(2)19(16-7-4-8-17(20)11-16)13-21-25(23,24)18-10-9-14-5-3-6-15(14)12-18/h4,7-12,19,21H,3,5-6,13H2,1-2H3/t19-/m0/s1. The van der Waals surface area contributed by atoms with Crippen LogP contribution >= 0.6 is 0 Å². The number of aryl methyl sites for hydroxylation is 2. The average Bonchev–Trinajstić information content (AvgIpc) is 3.02. The summed E-state index contributed by atoms with van der Waals surface area (Å²) in [5.41, 5.74) is 3.10. The third kappa shape index (κ3) is 4.08. The van der Waals surface area contributed by atoms with Crippen molar-refractivity contribution in [2.45, 2.75) is 30.2 Å². The van der Waals surface area contributed by atoms with Gasteiger partial charge in [-0.05, 0) is 74.3 Å². The minimum absolute atomic E-state index is 0.176. The van der Waals surface area contributed by atoms with E-state index in [0.29, 0.717) is 4.90 Å². The first-order chi connectivity index (χ1) is 11.9. The Kier molecular flexibility index (Phi) is 5.22. The van der Waals surface area contributed by atoms with Crippen molar-refractivity contribution < 1.29 is 12.8 Å². The van der Waals surface area contributed by atoms with Gasteiger partial charge in [-0.25, -0.2) is 17.5 Å². The topological polar surface area (TPSA) is 49.4 Å². The van der Waals surface area contributed by atoms with Gasteiger partial charge in [0.15, 0.2) is 0 Å². The molecule has 25 heavy (non-hydrogen) atoms. The van der Waals surface area contributed by atoms with Gasteiger partial charge in [0.05, 0.1) is 4.90 Å². The lowest BCUT2D eigenvalue weighted by atomic mass is 10.1. The summed E-state index contributed by atoms with van der Waals surface area (Å²) in [4.78, 5) is 2.17. The van der Waals surface area contributed by atoms with E-state index in [-0.39, 0.29) is 18.4 Å². The Morgan fingerprint density at radius 3 is 2.60 bits per heavy atom. The number of halogens is 1. The Balaban J connectivity index is 1.78. The first-order valence-electron chi connectivity index (χ1n) is 8.40. The van der Waals surface area contributed by atoms with Gasteiger partial charge in [0.2, 0.25) is 10.0 Å². The zero-order valence-corrected chi connectivity index (χ0v) is 15.3. The van der Waals surface area contributed by atoms with Crippen molar-refractivity contribution in [2.24, 2.45) is 0 Å². The number of sulfonamides is 1. The predicted molar refractivity (Wildman–Crippen MR) is 96.5 cm³/mol. The van der Waals surface area contributed by atoms with E-state index in [1.54, 1.807) is 24.3 Å². The largest absolute Gasteiger partial charge is 0.301 e. The van der Waals surface area contributed by atoms with Gasteiger partial charge in [0, 0.05) is 12.6 Å². The zero-order chi connectivity index (χ0) is 18.0. The highest BCUT2D eigenvalue weighted by molar-refractivity contribution is 7.89. The third-order valence-corrected chi connectivity index (χ3v) is 6.13. The number of fused-ring (bicyclic) bond motifs is 1. The fourth-order valence-corrected chi connectivity index (χ4v) is 4.39. The van der Waals surface area contributed by atoms with Crippen molar-refractivity contribution >= 4 is 10.0 Å². The molecule has 2 aromatic rings. The van der Waals surface area contributed by atoms with E-state index in [1.165, 1.54) is 17.7 Å². The van der Waals surface area contributed by atoms with Gasteiger partial charge in [-0.1, -0.05) is 18.2 Å². The molecule has 0 aliphatic heterocycles. The minimum Gasteiger partial charge on any atom is -0.301 e. The third-order valence-electron chi connectivity index (χ3n) is 4.70. The zero-order valence-electron chi connectivity index (χ0n) is 14.5. The molecule has 0 saturated carbocycles. The summed E-state index contributed by atoms with van der Waals surface area (Å²) in [5, 5.41) is 0. The Morgan fingerprint density at radius 1 is 1.12 bits per heavy atom. The van der Waals surface area contributed by atoms with Gasteiger partial charge in [-0.3, -0.25) is 0 Å². The molecule has 2 aromatic carbocycles. The molecule has 0 heterocycles. The molecule has 1 atom stereocenters. The van der Waals surface area contributed by atoms with E-state index < -0.39 is 10.0 Å². The summed E-state index contributed by atoms with van der Waals surface area (Å²) < 4.78 is 41.5. The summed E-state index contributed by atoms with van der Waals surface area (Å²) in [6.45, 7) is 0.176. The molecule has 0 saturated heterocycles. The molecule has 0 radical (unpaired) electrons. The minimum atomic E-state index is -3.60. The number of rotatable bonds is 6. The summed E-state index contributed by atoms with van der Waals surface area (Å²) >= 11 is 0. The van der Waals surface area contributed by atoms with Crippen LogP contribution in [-0.4, -0.2) is 34.0 Å². The molecule has 0 fully saturated rings. The molecular formula is C19H23FN2O2S. The molecule has 134 valence electrons. The summed E-state index contributed by atoms with van der Waals surface area (Å²) in [7, 11) is 0.0940. The number of benzene rings is 2. The number of hydrogen-bond donors (Lipinski definition) is 1. The van der Waals surface area contributed by atoms with Crippen LogP contribution in [0.1, 0.15) is 29.2 Å². The smallest absolute Gasteiger partial charge is 0.240 e. The quantitative estimate of drug-likeness (QED) is 0.860. The first kappa shape index (κ1) is 18.0. The summed E-state index contributed by atoms with van der Waals surface area (Å²) in [6.07, 6.45) is 3.03. The van der Waals surface area contributed by atoms with E-state index in [9.17, 15) is 12.8 Å². The monoisotopic (exact) mass is 362 g/mol. The molecule has 1 aliphatic rings. The van der Waals surface area contributed by atoms with Crippen molar-refractivity contribution in [3.8, 4) is 0 Å². The van der Waals surface area contributed by atoms with Gasteiger partial charge >= 0.3 is 0 Å². The van der Waals surface area contributed by atoms with E-state index >= 15 is 0 Å². The second-order valence-electron chi connectivity index (χ2n) is 6.67. The highest BCUT2D eigenvalue weighted by Gasteiger charge is 2.21. The average molecular weight is 362 g/mol. The van der Waals surface area contributed by atoms with Gasteiger partial charge in [-0.2, -0.15) is 0 Å². The molecule has 1 aliphatic carbocycles. The van der Waals surface area contributed by atoms with Gasteiger partial charge in [-0.15, -0.1) is 0 Å². The van der Waals surface area contributed by atoms with E-state index in [2.05, 4.69) is 4.72 Å². The number of nitrogens with one attached hydrogen (secondary N) is 1. The van der Waals surface area contributed by atoms with Crippen molar-refractivity contribution in [3.05, 3.63) is 65.0 Å². The molecule has 6 heteroatoms. The van der Waals surface area contributed by atoms with E-state index in [4.69, 9.17) is 0 Å². The van der Waals surface area contributed by atoms with Crippen molar-refractivity contribution in [1.29, 1.82) is 0 Å². The van der Waals surface area contributed by atoms with E-state index in [1.807, 2.05) is 25.1 Å². The Morgan fingerprint density at radius 2 is 1.88 bits per heavy atom. The Bertz CT molecular complexity index is 865. The van der Waals surface area contributed by atoms with Gasteiger partial charge in [0.1, 0.15) is 5.82 Å². The van der Waals surface area contributed by atoms with Crippen LogP contribution in [0.5, 0.6) is 0 Å². The van der Waals surface area contributed by atoms with Crippen LogP contribution in [0.15, 0.2) is 47.4 Å². The molecule has 4 nitrogen and oxygen atoms in total. The molecule has 0 amide bonds. The molecule has 0 bridgehead atoms. The van der Waals surface area contributed by atoms with Crippen LogP contribution in [0.25, 0.3) is 0 Å². The Labute approximate surface area is 148 Å². The first-order valence-corrected chi connectivity index (χ1v) is 9.88. The number of likely N-dealkylation sites (N-methyl/N-ethyl adjacent to an activating group) is 1. The lowest BCUT2D eigenvalue weighted by Gasteiger charge is -2.25. The molecule has 0 aromatic heterocycles. The molecule has 3 rings (SSSR count). The predicted octanol–water partition coefficient (Wildman–Crippen LogP) is 2.90. The summed E-state index contributed by atoms with van der Waals surface area (Å²) in [6, 6.07) is 11.4. The van der Waals surface area contributed by atoms with Crippen molar-refractivity contribution in [2.75, 3.05) is 20.6 Å². The lowest BCUT2D eigenvalue weighted by Crippen LogP contribution is -2.34. The second-order valence-corrected chi connectivity index (χ2v) is 8.44. The van der Waals surface area contributed by atoms with E-state index in [0.717, 1.165) is 30.4 Å². The van der Waals surface area contributed by atoms with Crippen LogP contribution in [0.4, 0.5) is 4.39 Å². The highest BCUT2D eigenvalue weighted by Crippen LogP contribution is 2.25. The normalized spacial score (nSPS) is 15.4. The van der Waals surface area contributed by atoms with Crippen LogP contribution < -0.4 is 4.72 Å². The second kappa shape index (κ2) is 7.23. The molecule has 1 N–H and O–H groups in total. The van der Waals surface area contributed by atoms with Crippen LogP contribution in [-0.2, 0) is 22.9 Å². The maximum atomic E-state index is 13.5. The van der Waals surface area contributed by atoms with Crippen molar-refractivity contribution in [1.82, 2.24) is 9.62 Å². The molecule has 0 unspecified atom stereocenters. The maximum absolute atomic E-state index is 13.5. The van der Waals surface area contributed by atoms with Crippen LogP contribution in [0.2, 0.25) is 0 Å². The fourth-order valence-electron chi connectivity index (χ4n) is 3.30. The van der Waals surface area contributed by atoms with Crippen molar-refractivity contribution in [3.63, 3.8) is 0 Å². The van der Waals surface area contributed by atoms with Crippen LogP contribution in [0.3, 0.4) is 0 Å². The molecular weight excluding hydrogens is 339 g/mol. The SMILES string of the molecule is CN(C)[C@@H](CNS(=O)(=O)c1ccc2c(c1)CCC2)c1cccc(F)c1. The maximum Gasteiger partial charge on any atom is 0.240 e. The van der Waals surface area contributed by atoms with Crippen LogP contribution in [0, 0.1) is 5.82 Å². The number of nitrogens with zero attached hydrogens (tertiary/aromatic N) is 1. The number of hydrogen-bond acceptors (Lipinski definition) is 3. The highest BCUT2D eigenvalue weighted by atomic mass is 32.2. The fraction of sp³-hybridized carbons (Fsp3) is 0.368.